The number of thioether (sulfide) groups is 1. The Hall–Kier alpha value is -2.26. The highest BCUT2D eigenvalue weighted by Gasteiger charge is 2.17. The lowest BCUT2D eigenvalue weighted by molar-refractivity contribution is -0.385. The Morgan fingerprint density at radius 3 is 2.75 bits per heavy atom. The Balaban J connectivity index is 1.76. The highest BCUT2D eigenvalue weighted by molar-refractivity contribution is 7.98. The first-order valence-electron chi connectivity index (χ1n) is 7.09. The molecule has 0 saturated heterocycles. The summed E-state index contributed by atoms with van der Waals surface area (Å²) in [7, 11) is 0. The second-order valence-electron chi connectivity index (χ2n) is 5.13. The van der Waals surface area contributed by atoms with E-state index in [9.17, 15) is 10.1 Å². The normalized spacial score (nSPS) is 11.0. The van der Waals surface area contributed by atoms with Gasteiger partial charge in [-0.25, -0.2) is 4.98 Å². The van der Waals surface area contributed by atoms with Crippen LogP contribution in [0.3, 0.4) is 0 Å². The first-order chi connectivity index (χ1) is 11.5. The van der Waals surface area contributed by atoms with E-state index in [-0.39, 0.29) is 10.6 Å². The molecule has 3 aromatic rings. The summed E-state index contributed by atoms with van der Waals surface area (Å²) < 4.78 is 5.68. The topological polar surface area (TPSA) is 95.0 Å². The third-order valence-electron chi connectivity index (χ3n) is 3.47. The quantitative estimate of drug-likeness (QED) is 0.379. The lowest BCUT2D eigenvalue weighted by Gasteiger charge is -2.04. The zero-order chi connectivity index (χ0) is 17.3. The third kappa shape index (κ3) is 3.31. The van der Waals surface area contributed by atoms with Crippen LogP contribution in [0.5, 0.6) is 0 Å². The van der Waals surface area contributed by atoms with Crippen LogP contribution in [0, 0.1) is 30.9 Å². The Morgan fingerprint density at radius 1 is 1.29 bits per heavy atom. The molecule has 124 valence electrons. The average molecular weight is 362 g/mol. The van der Waals surface area contributed by atoms with Crippen LogP contribution in [0.2, 0.25) is 0 Å². The minimum absolute atomic E-state index is 0.120. The van der Waals surface area contributed by atoms with Gasteiger partial charge in [-0.3, -0.25) is 10.1 Å². The van der Waals surface area contributed by atoms with Gasteiger partial charge in [0.2, 0.25) is 0 Å². The number of benzene rings is 1. The maximum absolute atomic E-state index is 11.0. The molecular weight excluding hydrogens is 348 g/mol. The van der Waals surface area contributed by atoms with Crippen LogP contribution in [-0.2, 0) is 5.75 Å². The van der Waals surface area contributed by atoms with Crippen molar-refractivity contribution in [2.75, 3.05) is 0 Å². The molecule has 24 heavy (non-hydrogen) atoms. The number of aryl methyl sites for hydroxylation is 2. The number of aromatic nitrogens is 3. The lowest BCUT2D eigenvalue weighted by atomic mass is 10.1. The molecule has 0 bridgehead atoms. The maximum Gasteiger partial charge on any atom is 0.277 e. The summed E-state index contributed by atoms with van der Waals surface area (Å²) in [6.45, 7) is 5.58. The standard InChI is InChI=1S/C15H14N4O3S2/c1-8-11(5-4-6-12(8)19(20)21)7-23-15-18-17-14(22-15)13-9(2)16-10(3)24-13/h4-6H,7H2,1-3H3. The van der Waals surface area contributed by atoms with Gasteiger partial charge in [-0.2, -0.15) is 0 Å². The second-order valence-corrected chi connectivity index (χ2v) is 7.26. The molecule has 3 rings (SSSR count). The van der Waals surface area contributed by atoms with E-state index in [1.807, 2.05) is 19.9 Å². The van der Waals surface area contributed by atoms with Crippen molar-refractivity contribution in [2.45, 2.75) is 31.7 Å². The molecule has 0 unspecified atom stereocenters. The Kier molecular flexibility index (Phi) is 4.63. The minimum atomic E-state index is -0.372. The van der Waals surface area contributed by atoms with Gasteiger partial charge in [0.25, 0.3) is 16.8 Å². The molecule has 1 aromatic carbocycles. The van der Waals surface area contributed by atoms with E-state index < -0.39 is 0 Å². The lowest BCUT2D eigenvalue weighted by Crippen LogP contribution is -1.95. The molecule has 9 heteroatoms. The van der Waals surface area contributed by atoms with Crippen LogP contribution in [0.4, 0.5) is 5.69 Å². The molecule has 0 radical (unpaired) electrons. The van der Waals surface area contributed by atoms with Crippen LogP contribution in [-0.4, -0.2) is 20.1 Å². The Bertz CT molecular complexity index is 904. The first-order valence-corrected chi connectivity index (χ1v) is 8.89. The Morgan fingerprint density at radius 2 is 2.08 bits per heavy atom. The van der Waals surface area contributed by atoms with Gasteiger partial charge in [0.1, 0.15) is 4.88 Å². The molecule has 0 aliphatic rings. The highest BCUT2D eigenvalue weighted by Crippen LogP contribution is 2.32. The number of nitrogens with zero attached hydrogens (tertiary/aromatic N) is 4. The van der Waals surface area contributed by atoms with Gasteiger partial charge in [-0.15, -0.1) is 21.5 Å². The highest BCUT2D eigenvalue weighted by atomic mass is 32.2. The van der Waals surface area contributed by atoms with Crippen molar-refractivity contribution in [2.24, 2.45) is 0 Å². The fourth-order valence-electron chi connectivity index (χ4n) is 2.25. The summed E-state index contributed by atoms with van der Waals surface area (Å²) in [6, 6.07) is 5.05. The van der Waals surface area contributed by atoms with Crippen molar-refractivity contribution >= 4 is 28.8 Å². The van der Waals surface area contributed by atoms with Gasteiger partial charge in [-0.1, -0.05) is 23.9 Å². The average Bonchev–Trinajstić information content (AvgIpc) is 3.12. The monoisotopic (exact) mass is 362 g/mol. The number of thiazole rings is 1. The van der Waals surface area contributed by atoms with Crippen molar-refractivity contribution in [3.8, 4) is 10.8 Å². The van der Waals surface area contributed by atoms with E-state index in [4.69, 9.17) is 4.42 Å². The molecular formula is C15H14N4O3S2. The van der Waals surface area contributed by atoms with Crippen molar-refractivity contribution in [1.82, 2.24) is 15.2 Å². The molecule has 0 aliphatic carbocycles. The summed E-state index contributed by atoms with van der Waals surface area (Å²) in [5.41, 5.74) is 2.52. The van der Waals surface area contributed by atoms with Gasteiger partial charge in [0.05, 0.1) is 15.6 Å². The molecule has 2 heterocycles. The van der Waals surface area contributed by atoms with Crippen molar-refractivity contribution in [3.63, 3.8) is 0 Å². The van der Waals surface area contributed by atoms with Gasteiger partial charge in [0, 0.05) is 17.4 Å². The van der Waals surface area contributed by atoms with E-state index in [0.717, 1.165) is 21.1 Å². The summed E-state index contributed by atoms with van der Waals surface area (Å²) in [5.74, 6) is 0.979. The van der Waals surface area contributed by atoms with E-state index in [1.54, 1.807) is 13.0 Å². The molecule has 0 amide bonds. The summed E-state index contributed by atoms with van der Waals surface area (Å²) in [4.78, 5) is 15.8. The summed E-state index contributed by atoms with van der Waals surface area (Å²) >= 11 is 2.87. The van der Waals surface area contributed by atoms with Gasteiger partial charge in [0.15, 0.2) is 0 Å². The smallest absolute Gasteiger partial charge is 0.277 e. The van der Waals surface area contributed by atoms with Gasteiger partial charge < -0.3 is 4.42 Å². The predicted octanol–water partition coefficient (Wildman–Crippen LogP) is 4.32. The molecule has 2 aromatic heterocycles. The van der Waals surface area contributed by atoms with Crippen LogP contribution < -0.4 is 0 Å². The second kappa shape index (κ2) is 6.70. The fraction of sp³-hybridized carbons (Fsp3) is 0.267. The number of hydrogen-bond acceptors (Lipinski definition) is 8. The van der Waals surface area contributed by atoms with Crippen molar-refractivity contribution < 1.29 is 9.34 Å². The third-order valence-corrected chi connectivity index (χ3v) is 5.40. The van der Waals surface area contributed by atoms with Crippen LogP contribution in [0.1, 0.15) is 21.8 Å². The minimum Gasteiger partial charge on any atom is -0.410 e. The molecule has 7 nitrogen and oxygen atoms in total. The summed E-state index contributed by atoms with van der Waals surface area (Å²) in [5, 5.41) is 20.5. The SMILES string of the molecule is Cc1nc(C)c(-c2nnc(SCc3cccc([N+](=O)[O-])c3C)o2)s1. The van der Waals surface area contributed by atoms with Crippen LogP contribution in [0.25, 0.3) is 10.8 Å². The maximum atomic E-state index is 11.0. The van der Waals surface area contributed by atoms with Gasteiger partial charge in [-0.05, 0) is 26.3 Å². The largest absolute Gasteiger partial charge is 0.410 e. The number of rotatable bonds is 5. The predicted molar refractivity (Wildman–Crippen MR) is 92.3 cm³/mol. The van der Waals surface area contributed by atoms with Gasteiger partial charge >= 0.3 is 0 Å². The molecule has 0 fully saturated rings. The number of hydrogen-bond donors (Lipinski definition) is 0. The number of nitro benzene ring substituents is 1. The Labute approximate surface area is 146 Å². The van der Waals surface area contributed by atoms with Crippen LogP contribution in [0.15, 0.2) is 27.8 Å². The van der Waals surface area contributed by atoms with E-state index in [1.165, 1.54) is 29.2 Å². The molecule has 0 N–H and O–H groups in total. The molecule has 0 aliphatic heterocycles. The molecule has 0 saturated carbocycles. The first kappa shape index (κ1) is 16.6. The van der Waals surface area contributed by atoms with Crippen LogP contribution >= 0.6 is 23.1 Å². The van der Waals surface area contributed by atoms with Crippen molar-refractivity contribution in [1.29, 1.82) is 0 Å². The van der Waals surface area contributed by atoms with E-state index in [2.05, 4.69) is 15.2 Å². The van der Waals surface area contributed by atoms with E-state index >= 15 is 0 Å². The zero-order valence-corrected chi connectivity index (χ0v) is 14.9. The number of nitro groups is 1. The molecule has 0 spiro atoms. The molecule has 0 atom stereocenters. The fourth-order valence-corrected chi connectivity index (χ4v) is 3.92. The van der Waals surface area contributed by atoms with Crippen molar-refractivity contribution in [3.05, 3.63) is 50.1 Å². The van der Waals surface area contributed by atoms with E-state index in [0.29, 0.717) is 22.4 Å². The zero-order valence-electron chi connectivity index (χ0n) is 13.3. The summed E-state index contributed by atoms with van der Waals surface area (Å²) in [6.07, 6.45) is 0.